The van der Waals surface area contributed by atoms with Gasteiger partial charge in [0.25, 0.3) is 0 Å². The number of hydrogen-bond donors (Lipinski definition) is 1. The first-order valence-corrected chi connectivity index (χ1v) is 6.40. The maximum Gasteiger partial charge on any atom is 0.167 e. The lowest BCUT2D eigenvalue weighted by atomic mass is 10.5. The summed E-state index contributed by atoms with van der Waals surface area (Å²) in [6.07, 6.45) is 3.82. The maximum absolute atomic E-state index is 8.93. The minimum absolute atomic E-state index is 0.0621. The van der Waals surface area contributed by atoms with Gasteiger partial charge in [-0.25, -0.2) is 4.98 Å². The van der Waals surface area contributed by atoms with Crippen LogP contribution in [-0.2, 0) is 13.7 Å². The van der Waals surface area contributed by atoms with E-state index in [-0.39, 0.29) is 6.61 Å². The maximum atomic E-state index is 8.93. The molecule has 0 saturated heterocycles. The molecule has 0 aliphatic rings. The summed E-state index contributed by atoms with van der Waals surface area (Å²) in [6.45, 7) is 0.0621. The third kappa shape index (κ3) is 2.93. The first-order chi connectivity index (χ1) is 6.29. The number of nitrogens with zero attached hydrogens (tertiary/aromatic N) is 2. The Morgan fingerprint density at radius 1 is 1.54 bits per heavy atom. The molecule has 74 valence electrons. The summed E-state index contributed by atoms with van der Waals surface area (Å²) in [5.41, 5.74) is 0.867. The zero-order valence-corrected chi connectivity index (χ0v) is 9.49. The molecule has 0 spiro atoms. The average Bonchev–Trinajstić information content (AvgIpc) is 2.48. The van der Waals surface area contributed by atoms with Crippen LogP contribution in [-0.4, -0.2) is 32.4 Å². The van der Waals surface area contributed by atoms with E-state index < -0.39 is 0 Å². The minimum atomic E-state index is 0.0621. The van der Waals surface area contributed by atoms with E-state index in [0.717, 1.165) is 22.4 Å². The fraction of sp³-hybridized carbons (Fsp3) is 0.625. The molecule has 0 fully saturated rings. The van der Waals surface area contributed by atoms with Gasteiger partial charge in [0, 0.05) is 18.6 Å². The monoisotopic (exact) mass is 218 g/mol. The molecule has 1 N–H and O–H groups in total. The molecule has 0 aromatic carbocycles. The zero-order valence-electron chi connectivity index (χ0n) is 7.86. The van der Waals surface area contributed by atoms with Gasteiger partial charge in [-0.15, -0.1) is 0 Å². The van der Waals surface area contributed by atoms with Gasteiger partial charge in [-0.1, -0.05) is 11.8 Å². The van der Waals surface area contributed by atoms with Crippen LogP contribution in [0.4, 0.5) is 0 Å². The summed E-state index contributed by atoms with van der Waals surface area (Å²) in [7, 11) is 1.93. The second-order valence-corrected chi connectivity index (χ2v) is 4.64. The van der Waals surface area contributed by atoms with Crippen molar-refractivity contribution in [2.24, 2.45) is 7.05 Å². The van der Waals surface area contributed by atoms with E-state index in [0.29, 0.717) is 0 Å². The van der Waals surface area contributed by atoms with Gasteiger partial charge in [0.05, 0.1) is 18.5 Å². The largest absolute Gasteiger partial charge is 0.390 e. The van der Waals surface area contributed by atoms with E-state index in [9.17, 15) is 0 Å². The van der Waals surface area contributed by atoms with Gasteiger partial charge in [0.1, 0.15) is 0 Å². The zero-order chi connectivity index (χ0) is 9.68. The summed E-state index contributed by atoms with van der Waals surface area (Å²) in [5.74, 6) is 2.20. The third-order valence-corrected chi connectivity index (χ3v) is 3.64. The topological polar surface area (TPSA) is 38.1 Å². The van der Waals surface area contributed by atoms with Gasteiger partial charge in [0.15, 0.2) is 5.16 Å². The quantitative estimate of drug-likeness (QED) is 0.598. The standard InChI is InChI=1S/C8H14N2OS2/c1-10-7(6-11)5-9-8(10)13-4-3-12-2/h5,11H,3-4,6H2,1-2H3. The lowest BCUT2D eigenvalue weighted by Crippen LogP contribution is -1.98. The average molecular weight is 218 g/mol. The lowest BCUT2D eigenvalue weighted by Gasteiger charge is -2.02. The second-order valence-electron chi connectivity index (χ2n) is 2.59. The van der Waals surface area contributed by atoms with Gasteiger partial charge < -0.3 is 9.67 Å². The van der Waals surface area contributed by atoms with E-state index in [4.69, 9.17) is 5.11 Å². The van der Waals surface area contributed by atoms with Crippen molar-refractivity contribution >= 4 is 23.5 Å². The van der Waals surface area contributed by atoms with Crippen molar-refractivity contribution in [3.05, 3.63) is 11.9 Å². The SMILES string of the molecule is CSCCSc1ncc(CO)n1C. The molecule has 0 bridgehead atoms. The van der Waals surface area contributed by atoms with Gasteiger partial charge in [-0.05, 0) is 6.26 Å². The van der Waals surface area contributed by atoms with Crippen molar-refractivity contribution in [1.29, 1.82) is 0 Å². The molecular weight excluding hydrogens is 204 g/mol. The van der Waals surface area contributed by atoms with E-state index in [1.807, 2.05) is 23.4 Å². The van der Waals surface area contributed by atoms with Crippen LogP contribution in [0, 0.1) is 0 Å². The summed E-state index contributed by atoms with van der Waals surface area (Å²) < 4.78 is 1.94. The highest BCUT2D eigenvalue weighted by Gasteiger charge is 2.04. The fourth-order valence-electron chi connectivity index (χ4n) is 0.923. The summed E-state index contributed by atoms with van der Waals surface area (Å²) in [6, 6.07) is 0. The Labute approximate surface area is 86.9 Å². The Morgan fingerprint density at radius 3 is 2.85 bits per heavy atom. The minimum Gasteiger partial charge on any atom is -0.390 e. The highest BCUT2D eigenvalue weighted by atomic mass is 32.2. The number of aliphatic hydroxyl groups excluding tert-OH is 1. The van der Waals surface area contributed by atoms with Gasteiger partial charge >= 0.3 is 0 Å². The molecule has 13 heavy (non-hydrogen) atoms. The van der Waals surface area contributed by atoms with Crippen LogP contribution in [0.1, 0.15) is 5.69 Å². The van der Waals surface area contributed by atoms with Crippen LogP contribution >= 0.6 is 23.5 Å². The van der Waals surface area contributed by atoms with E-state index in [2.05, 4.69) is 11.2 Å². The number of imidazole rings is 1. The van der Waals surface area contributed by atoms with Crippen LogP contribution in [0.25, 0.3) is 0 Å². The van der Waals surface area contributed by atoms with Crippen molar-refractivity contribution in [1.82, 2.24) is 9.55 Å². The van der Waals surface area contributed by atoms with Gasteiger partial charge in [-0.2, -0.15) is 11.8 Å². The molecule has 1 aromatic heterocycles. The van der Waals surface area contributed by atoms with Crippen molar-refractivity contribution < 1.29 is 5.11 Å². The van der Waals surface area contributed by atoms with Crippen molar-refractivity contribution in [3.63, 3.8) is 0 Å². The number of aliphatic hydroxyl groups is 1. The molecule has 1 aromatic rings. The molecule has 3 nitrogen and oxygen atoms in total. The molecule has 0 unspecified atom stereocenters. The molecule has 1 heterocycles. The number of rotatable bonds is 5. The molecule has 0 aliphatic heterocycles. The third-order valence-electron chi connectivity index (χ3n) is 1.72. The van der Waals surface area contributed by atoms with Crippen molar-refractivity contribution in [3.8, 4) is 0 Å². The lowest BCUT2D eigenvalue weighted by molar-refractivity contribution is 0.271. The fourth-order valence-corrected chi connectivity index (χ4v) is 2.54. The summed E-state index contributed by atoms with van der Waals surface area (Å²) >= 11 is 3.56. The molecule has 0 amide bonds. The van der Waals surface area contributed by atoms with Crippen LogP contribution in [0.5, 0.6) is 0 Å². The molecular formula is C8H14N2OS2. The molecule has 1 rings (SSSR count). The molecule has 0 atom stereocenters. The first kappa shape index (κ1) is 10.9. The normalized spacial score (nSPS) is 10.7. The molecule has 0 radical (unpaired) electrons. The molecule has 5 heteroatoms. The smallest absolute Gasteiger partial charge is 0.167 e. The Balaban J connectivity index is 2.51. The summed E-state index contributed by atoms with van der Waals surface area (Å²) in [5, 5.41) is 9.91. The van der Waals surface area contributed by atoms with Crippen LogP contribution in [0.2, 0.25) is 0 Å². The van der Waals surface area contributed by atoms with Crippen LogP contribution < -0.4 is 0 Å². The Hall–Kier alpha value is -0.130. The second kappa shape index (κ2) is 5.57. The predicted octanol–water partition coefficient (Wildman–Crippen LogP) is 1.37. The van der Waals surface area contributed by atoms with Crippen LogP contribution in [0.3, 0.4) is 0 Å². The highest BCUT2D eigenvalue weighted by Crippen LogP contribution is 2.17. The molecule has 0 saturated carbocycles. The van der Waals surface area contributed by atoms with Crippen molar-refractivity contribution in [2.75, 3.05) is 17.8 Å². The summed E-state index contributed by atoms with van der Waals surface area (Å²) in [4.78, 5) is 4.22. The van der Waals surface area contributed by atoms with Crippen molar-refractivity contribution in [2.45, 2.75) is 11.8 Å². The van der Waals surface area contributed by atoms with E-state index in [1.54, 1.807) is 18.0 Å². The van der Waals surface area contributed by atoms with Crippen LogP contribution in [0.15, 0.2) is 11.4 Å². The first-order valence-electron chi connectivity index (χ1n) is 4.02. The number of aromatic nitrogens is 2. The van der Waals surface area contributed by atoms with E-state index >= 15 is 0 Å². The number of thioether (sulfide) groups is 2. The van der Waals surface area contributed by atoms with Gasteiger partial charge in [0.2, 0.25) is 0 Å². The van der Waals surface area contributed by atoms with Gasteiger partial charge in [-0.3, -0.25) is 0 Å². The Bertz CT molecular complexity index is 263. The Kier molecular flexibility index (Phi) is 4.69. The Morgan fingerprint density at radius 2 is 2.31 bits per heavy atom. The predicted molar refractivity (Wildman–Crippen MR) is 58.2 cm³/mol. The van der Waals surface area contributed by atoms with E-state index in [1.165, 1.54) is 0 Å². The molecule has 0 aliphatic carbocycles. The number of hydrogen-bond acceptors (Lipinski definition) is 4. The highest BCUT2D eigenvalue weighted by molar-refractivity contribution is 8.02.